The van der Waals surface area contributed by atoms with Crippen molar-refractivity contribution in [3.05, 3.63) is 54.1 Å². The number of carbonyl (C=O) groups is 1. The molecular formula is C18H21N3O3. The molecule has 6 heteroatoms. The number of carbonyl (C=O) groups excluding carboxylic acids is 1. The summed E-state index contributed by atoms with van der Waals surface area (Å²) >= 11 is 0. The molecule has 0 aliphatic rings. The van der Waals surface area contributed by atoms with Crippen LogP contribution in [-0.4, -0.2) is 19.0 Å². The van der Waals surface area contributed by atoms with Gasteiger partial charge < -0.3 is 20.5 Å². The van der Waals surface area contributed by atoms with Crippen LogP contribution >= 0.6 is 0 Å². The number of esters is 1. The van der Waals surface area contributed by atoms with Crippen molar-refractivity contribution in [2.45, 2.75) is 13.3 Å². The van der Waals surface area contributed by atoms with Crippen LogP contribution in [-0.2, 0) is 11.2 Å². The highest BCUT2D eigenvalue weighted by atomic mass is 16.5. The molecule has 0 amide bonds. The molecule has 126 valence electrons. The first-order valence-corrected chi connectivity index (χ1v) is 7.53. The van der Waals surface area contributed by atoms with Gasteiger partial charge in [0.1, 0.15) is 11.5 Å². The van der Waals surface area contributed by atoms with E-state index in [1.165, 1.54) is 0 Å². The van der Waals surface area contributed by atoms with Crippen LogP contribution < -0.4 is 20.5 Å². The third-order valence-corrected chi connectivity index (χ3v) is 3.46. The Balaban J connectivity index is 1.91. The van der Waals surface area contributed by atoms with Crippen molar-refractivity contribution in [1.29, 1.82) is 5.41 Å². The molecule has 24 heavy (non-hydrogen) atoms. The molecule has 0 aromatic heterocycles. The largest absolute Gasteiger partial charge is 0.497 e. The van der Waals surface area contributed by atoms with Crippen molar-refractivity contribution in [2.75, 3.05) is 12.4 Å². The van der Waals surface area contributed by atoms with Crippen LogP contribution in [0.3, 0.4) is 0 Å². The Kier molecular flexibility index (Phi) is 5.78. The van der Waals surface area contributed by atoms with Gasteiger partial charge in [-0.1, -0.05) is 19.1 Å². The Bertz CT molecular complexity index is 696. The Morgan fingerprint density at radius 2 is 1.71 bits per heavy atom. The third-order valence-electron chi connectivity index (χ3n) is 3.46. The van der Waals surface area contributed by atoms with Gasteiger partial charge in [0.05, 0.1) is 13.0 Å². The zero-order valence-corrected chi connectivity index (χ0v) is 13.7. The van der Waals surface area contributed by atoms with Gasteiger partial charge in [-0.25, -0.2) is 0 Å². The molecule has 0 saturated heterocycles. The van der Waals surface area contributed by atoms with E-state index in [0.717, 1.165) is 11.3 Å². The molecule has 0 spiro atoms. The smallest absolute Gasteiger partial charge is 0.314 e. The number of ether oxygens (including phenoxy) is 2. The molecule has 0 heterocycles. The molecule has 0 saturated carbocycles. The van der Waals surface area contributed by atoms with E-state index >= 15 is 0 Å². The Morgan fingerprint density at radius 3 is 2.25 bits per heavy atom. The van der Waals surface area contributed by atoms with Crippen LogP contribution in [0.2, 0.25) is 0 Å². The van der Waals surface area contributed by atoms with E-state index in [0.29, 0.717) is 17.9 Å². The topological polar surface area (TPSA) is 97.4 Å². The van der Waals surface area contributed by atoms with Crippen LogP contribution in [0, 0.1) is 11.3 Å². The molecule has 0 radical (unpaired) electrons. The fourth-order valence-corrected chi connectivity index (χ4v) is 2.18. The van der Waals surface area contributed by atoms with Gasteiger partial charge in [0.2, 0.25) is 0 Å². The average molecular weight is 327 g/mol. The van der Waals surface area contributed by atoms with E-state index in [9.17, 15) is 4.79 Å². The molecule has 2 rings (SSSR count). The third kappa shape index (κ3) is 5.01. The number of anilines is 1. The van der Waals surface area contributed by atoms with E-state index < -0.39 is 0 Å². The van der Waals surface area contributed by atoms with Gasteiger partial charge in [0, 0.05) is 5.69 Å². The van der Waals surface area contributed by atoms with Crippen molar-refractivity contribution in [2.24, 2.45) is 11.7 Å². The quantitative estimate of drug-likeness (QED) is 0.328. The monoisotopic (exact) mass is 327 g/mol. The summed E-state index contributed by atoms with van der Waals surface area (Å²) in [6.45, 7) is 1.83. The minimum atomic E-state index is -0.286. The summed E-state index contributed by atoms with van der Waals surface area (Å²) in [5, 5.41) is 9.89. The maximum Gasteiger partial charge on any atom is 0.314 e. The number of hydrogen-bond acceptors (Lipinski definition) is 4. The molecule has 0 fully saturated rings. The first-order chi connectivity index (χ1) is 11.5. The summed E-state index contributed by atoms with van der Waals surface area (Å²) in [6, 6.07) is 14.3. The van der Waals surface area contributed by atoms with Crippen molar-refractivity contribution < 1.29 is 14.3 Å². The molecule has 0 aliphatic carbocycles. The number of guanidine groups is 1. The Morgan fingerprint density at radius 1 is 1.12 bits per heavy atom. The van der Waals surface area contributed by atoms with E-state index in [1.54, 1.807) is 31.4 Å². The predicted octanol–water partition coefficient (Wildman–Crippen LogP) is 2.78. The van der Waals surface area contributed by atoms with Gasteiger partial charge >= 0.3 is 5.97 Å². The van der Waals surface area contributed by atoms with Gasteiger partial charge in [-0.05, 0) is 48.4 Å². The molecule has 0 aliphatic heterocycles. The molecule has 2 aromatic rings. The molecular weight excluding hydrogens is 306 g/mol. The van der Waals surface area contributed by atoms with Gasteiger partial charge in [-0.15, -0.1) is 0 Å². The number of nitrogens with two attached hydrogens (primary N) is 1. The van der Waals surface area contributed by atoms with E-state index in [2.05, 4.69) is 5.32 Å². The minimum Gasteiger partial charge on any atom is -0.497 e. The second-order valence-corrected chi connectivity index (χ2v) is 5.44. The summed E-state index contributed by atoms with van der Waals surface area (Å²) in [4.78, 5) is 12.2. The highest BCUT2D eigenvalue weighted by Gasteiger charge is 2.16. The average Bonchev–Trinajstić information content (AvgIpc) is 2.56. The maximum atomic E-state index is 12.2. The molecule has 4 N–H and O–H groups in total. The maximum absolute atomic E-state index is 12.2. The highest BCUT2D eigenvalue weighted by Crippen LogP contribution is 2.19. The fourth-order valence-electron chi connectivity index (χ4n) is 2.18. The lowest BCUT2D eigenvalue weighted by atomic mass is 10.0. The number of hydrogen-bond donors (Lipinski definition) is 3. The second-order valence-electron chi connectivity index (χ2n) is 5.44. The van der Waals surface area contributed by atoms with Crippen LogP contribution in [0.25, 0.3) is 0 Å². The molecule has 2 aromatic carbocycles. The summed E-state index contributed by atoms with van der Waals surface area (Å²) in [7, 11) is 1.58. The van der Waals surface area contributed by atoms with E-state index in [1.807, 2.05) is 31.2 Å². The highest BCUT2D eigenvalue weighted by molar-refractivity contribution is 5.89. The molecule has 6 nitrogen and oxygen atoms in total. The molecule has 1 unspecified atom stereocenters. The summed E-state index contributed by atoms with van der Waals surface area (Å²) in [6.07, 6.45) is 0.565. The predicted molar refractivity (Wildman–Crippen MR) is 93.5 cm³/mol. The van der Waals surface area contributed by atoms with Crippen LogP contribution in [0.15, 0.2) is 48.5 Å². The van der Waals surface area contributed by atoms with Crippen LogP contribution in [0.4, 0.5) is 5.69 Å². The van der Waals surface area contributed by atoms with Gasteiger partial charge in [-0.3, -0.25) is 10.2 Å². The van der Waals surface area contributed by atoms with E-state index in [-0.39, 0.29) is 17.8 Å². The first kappa shape index (κ1) is 17.3. The zero-order chi connectivity index (χ0) is 17.5. The number of nitrogens with one attached hydrogen (secondary N) is 2. The summed E-state index contributed by atoms with van der Waals surface area (Å²) in [5.41, 5.74) is 7.02. The van der Waals surface area contributed by atoms with Gasteiger partial charge in [-0.2, -0.15) is 0 Å². The van der Waals surface area contributed by atoms with Crippen molar-refractivity contribution in [3.8, 4) is 11.5 Å². The van der Waals surface area contributed by atoms with Crippen molar-refractivity contribution in [1.82, 2.24) is 0 Å². The number of rotatable bonds is 6. The molecule has 1 atom stereocenters. The van der Waals surface area contributed by atoms with Crippen molar-refractivity contribution >= 4 is 17.6 Å². The van der Waals surface area contributed by atoms with Crippen molar-refractivity contribution in [3.63, 3.8) is 0 Å². The standard InChI is InChI=1S/C18H21N3O3/c1-12(11-13-3-5-14(6-4-13)21-18(19)20)17(22)24-16-9-7-15(23-2)8-10-16/h3-10,12H,11H2,1-2H3,(H4,19,20,21). The Labute approximate surface area is 141 Å². The number of methoxy groups -OCH3 is 1. The minimum absolute atomic E-state index is 0.112. The summed E-state index contributed by atoms with van der Waals surface area (Å²) in [5.74, 6) is 0.528. The zero-order valence-electron chi connectivity index (χ0n) is 13.7. The van der Waals surface area contributed by atoms with Gasteiger partial charge in [0.25, 0.3) is 0 Å². The van der Waals surface area contributed by atoms with Crippen LogP contribution in [0.1, 0.15) is 12.5 Å². The molecule has 0 bridgehead atoms. The van der Waals surface area contributed by atoms with Gasteiger partial charge in [0.15, 0.2) is 5.96 Å². The summed E-state index contributed by atoms with van der Waals surface area (Å²) < 4.78 is 10.4. The normalized spacial score (nSPS) is 11.4. The first-order valence-electron chi connectivity index (χ1n) is 7.53. The second kappa shape index (κ2) is 8.01. The lowest BCUT2D eigenvalue weighted by Crippen LogP contribution is -2.21. The lowest BCUT2D eigenvalue weighted by molar-refractivity contribution is -0.138. The van der Waals surface area contributed by atoms with E-state index in [4.69, 9.17) is 20.6 Å². The Hall–Kier alpha value is -3.02. The lowest BCUT2D eigenvalue weighted by Gasteiger charge is -2.12. The van der Waals surface area contributed by atoms with Crippen LogP contribution in [0.5, 0.6) is 11.5 Å². The fraction of sp³-hybridized carbons (Fsp3) is 0.222. The number of benzene rings is 2. The SMILES string of the molecule is COc1ccc(OC(=O)C(C)Cc2ccc(NC(=N)N)cc2)cc1.